The summed E-state index contributed by atoms with van der Waals surface area (Å²) in [7, 11) is -2.00. The summed E-state index contributed by atoms with van der Waals surface area (Å²) < 4.78 is 42.3. The largest absolute Gasteiger partial charge is 0.494 e. The van der Waals surface area contributed by atoms with E-state index in [1.54, 1.807) is 13.0 Å². The van der Waals surface area contributed by atoms with Crippen LogP contribution < -0.4 is 4.74 Å². The molecular formula is C15H14FN3O3S. The zero-order valence-electron chi connectivity index (χ0n) is 12.7. The molecule has 23 heavy (non-hydrogen) atoms. The summed E-state index contributed by atoms with van der Waals surface area (Å²) in [6.45, 7) is 1.69. The predicted octanol–water partition coefficient (Wildman–Crippen LogP) is 2.48. The lowest BCUT2D eigenvalue weighted by Gasteiger charge is -2.06. The van der Waals surface area contributed by atoms with E-state index in [9.17, 15) is 12.8 Å². The quantitative estimate of drug-likeness (QED) is 0.795. The van der Waals surface area contributed by atoms with Crippen molar-refractivity contribution in [2.45, 2.75) is 11.8 Å². The van der Waals surface area contributed by atoms with E-state index in [0.29, 0.717) is 28.1 Å². The Morgan fingerprint density at radius 2 is 2.00 bits per heavy atom. The number of benzene rings is 1. The number of ether oxygens (including phenoxy) is 1. The monoisotopic (exact) mass is 335 g/mol. The van der Waals surface area contributed by atoms with Gasteiger partial charge < -0.3 is 9.72 Å². The average Bonchev–Trinajstić information content (AvgIpc) is 2.91. The molecule has 0 aliphatic rings. The first-order valence-electron chi connectivity index (χ1n) is 6.71. The molecular weight excluding hydrogens is 321 g/mol. The molecule has 1 N–H and O–H groups in total. The molecule has 0 atom stereocenters. The van der Waals surface area contributed by atoms with Gasteiger partial charge in [-0.3, -0.25) is 0 Å². The Hall–Kier alpha value is -2.48. The van der Waals surface area contributed by atoms with Crippen molar-refractivity contribution in [2.75, 3.05) is 13.4 Å². The second-order valence-electron chi connectivity index (χ2n) is 5.13. The number of hydrogen-bond donors (Lipinski definition) is 1. The topological polar surface area (TPSA) is 84.9 Å². The summed E-state index contributed by atoms with van der Waals surface area (Å²) in [5.74, 6) is -0.0844. The maximum atomic E-state index is 13.8. The third kappa shape index (κ3) is 2.65. The van der Waals surface area contributed by atoms with E-state index in [1.807, 2.05) is 0 Å². The molecule has 0 saturated carbocycles. The van der Waals surface area contributed by atoms with Crippen LogP contribution in [0.1, 0.15) is 5.69 Å². The molecule has 0 saturated heterocycles. The Bertz CT molecular complexity index is 1010. The van der Waals surface area contributed by atoms with Gasteiger partial charge >= 0.3 is 0 Å². The highest BCUT2D eigenvalue weighted by atomic mass is 32.2. The van der Waals surface area contributed by atoms with Crippen LogP contribution in [0.5, 0.6) is 5.75 Å². The summed E-state index contributed by atoms with van der Waals surface area (Å²) in [6, 6.07) is 4.41. The van der Waals surface area contributed by atoms with Gasteiger partial charge in [0.25, 0.3) is 0 Å². The van der Waals surface area contributed by atoms with E-state index in [1.165, 1.54) is 25.4 Å². The predicted molar refractivity (Wildman–Crippen MR) is 83.7 cm³/mol. The lowest BCUT2D eigenvalue weighted by Crippen LogP contribution is -1.99. The van der Waals surface area contributed by atoms with Crippen LogP contribution in [0.15, 0.2) is 29.3 Å². The highest BCUT2D eigenvalue weighted by Crippen LogP contribution is 2.28. The highest BCUT2D eigenvalue weighted by Gasteiger charge is 2.19. The fourth-order valence-corrected chi connectivity index (χ4v) is 3.29. The molecule has 0 aliphatic heterocycles. The molecule has 2 aromatic heterocycles. The van der Waals surface area contributed by atoms with E-state index in [-0.39, 0.29) is 10.6 Å². The van der Waals surface area contributed by atoms with Crippen molar-refractivity contribution in [3.05, 3.63) is 35.9 Å². The van der Waals surface area contributed by atoms with E-state index in [4.69, 9.17) is 4.74 Å². The molecule has 0 bridgehead atoms. The molecule has 1 aromatic carbocycles. The molecule has 2 heterocycles. The van der Waals surface area contributed by atoms with Crippen LogP contribution in [0.3, 0.4) is 0 Å². The number of halogens is 1. The fraction of sp³-hybridized carbons (Fsp3) is 0.200. The molecule has 0 radical (unpaired) electrons. The molecule has 0 aliphatic carbocycles. The first-order chi connectivity index (χ1) is 10.8. The smallest absolute Gasteiger partial charge is 0.177 e. The Labute approximate surface area is 132 Å². The van der Waals surface area contributed by atoms with Gasteiger partial charge in [0.2, 0.25) is 0 Å². The number of aromatic nitrogens is 3. The normalized spacial score (nSPS) is 11.8. The number of sulfone groups is 1. The number of fused-ring (bicyclic) bond motifs is 1. The van der Waals surface area contributed by atoms with Gasteiger partial charge in [-0.15, -0.1) is 0 Å². The van der Waals surface area contributed by atoms with Crippen LogP contribution in [0.25, 0.3) is 22.4 Å². The first-order valence-corrected chi connectivity index (χ1v) is 8.60. The van der Waals surface area contributed by atoms with Crippen LogP contribution in [-0.2, 0) is 9.84 Å². The molecule has 0 unspecified atom stereocenters. The standard InChI is InChI=1S/C15H14FN3O3S/c1-8-13-12(23(3,20)21)7-17-15(13)19-14(18-8)9-4-5-11(22-2)10(16)6-9/h4-7H,1-3H3,(H,17,18,19). The maximum Gasteiger partial charge on any atom is 0.177 e. The summed E-state index contributed by atoms with van der Waals surface area (Å²) in [5, 5.41) is 0.449. The molecule has 120 valence electrons. The number of aryl methyl sites for hydroxylation is 1. The number of rotatable bonds is 3. The van der Waals surface area contributed by atoms with Crippen LogP contribution in [-0.4, -0.2) is 36.7 Å². The molecule has 8 heteroatoms. The third-order valence-corrected chi connectivity index (χ3v) is 4.61. The van der Waals surface area contributed by atoms with Gasteiger partial charge in [0.05, 0.1) is 23.1 Å². The van der Waals surface area contributed by atoms with Crippen molar-refractivity contribution in [3.8, 4) is 17.1 Å². The van der Waals surface area contributed by atoms with Crippen molar-refractivity contribution in [2.24, 2.45) is 0 Å². The molecule has 0 fully saturated rings. The number of methoxy groups -OCH3 is 1. The Balaban J connectivity index is 2.20. The zero-order valence-corrected chi connectivity index (χ0v) is 13.5. The molecule has 3 aromatic rings. The van der Waals surface area contributed by atoms with E-state index >= 15 is 0 Å². The van der Waals surface area contributed by atoms with Gasteiger partial charge in [-0.2, -0.15) is 0 Å². The minimum absolute atomic E-state index is 0.130. The van der Waals surface area contributed by atoms with Crippen molar-refractivity contribution in [1.82, 2.24) is 15.0 Å². The minimum atomic E-state index is -3.39. The van der Waals surface area contributed by atoms with Crippen LogP contribution >= 0.6 is 0 Å². The fourth-order valence-electron chi connectivity index (χ4n) is 2.41. The molecule has 0 spiro atoms. The maximum absolute atomic E-state index is 13.8. The van der Waals surface area contributed by atoms with Crippen LogP contribution in [0.2, 0.25) is 0 Å². The van der Waals surface area contributed by atoms with Gasteiger partial charge in [-0.05, 0) is 25.1 Å². The van der Waals surface area contributed by atoms with Crippen molar-refractivity contribution < 1.29 is 17.5 Å². The third-order valence-electron chi connectivity index (χ3n) is 3.49. The molecule has 3 rings (SSSR count). The Morgan fingerprint density at radius 3 is 2.61 bits per heavy atom. The zero-order chi connectivity index (χ0) is 16.8. The van der Waals surface area contributed by atoms with Gasteiger partial charge in [0, 0.05) is 18.0 Å². The highest BCUT2D eigenvalue weighted by molar-refractivity contribution is 7.91. The SMILES string of the molecule is COc1ccc(-c2nc(C)c3c(S(C)(=O)=O)c[nH]c3n2)cc1F. The second-order valence-corrected chi connectivity index (χ2v) is 7.11. The number of nitrogens with zero attached hydrogens (tertiary/aromatic N) is 2. The molecule has 6 nitrogen and oxygen atoms in total. The second kappa shape index (κ2) is 5.31. The van der Waals surface area contributed by atoms with Crippen LogP contribution in [0, 0.1) is 12.7 Å². The summed E-state index contributed by atoms with van der Waals surface area (Å²) in [5.41, 5.74) is 1.37. The van der Waals surface area contributed by atoms with E-state index in [2.05, 4.69) is 15.0 Å². The lowest BCUT2D eigenvalue weighted by atomic mass is 10.2. The van der Waals surface area contributed by atoms with Gasteiger partial charge in [-0.1, -0.05) is 0 Å². The average molecular weight is 335 g/mol. The van der Waals surface area contributed by atoms with Gasteiger partial charge in [0.15, 0.2) is 27.2 Å². The number of H-pyrrole nitrogens is 1. The number of nitrogens with one attached hydrogen (secondary N) is 1. The van der Waals surface area contributed by atoms with Gasteiger partial charge in [-0.25, -0.2) is 22.8 Å². The van der Waals surface area contributed by atoms with Crippen molar-refractivity contribution in [3.63, 3.8) is 0 Å². The number of hydrogen-bond acceptors (Lipinski definition) is 5. The lowest BCUT2D eigenvalue weighted by molar-refractivity contribution is 0.386. The summed E-state index contributed by atoms with van der Waals surface area (Å²) in [4.78, 5) is 11.6. The summed E-state index contributed by atoms with van der Waals surface area (Å²) >= 11 is 0. The Kier molecular flexibility index (Phi) is 3.56. The van der Waals surface area contributed by atoms with E-state index in [0.717, 1.165) is 6.26 Å². The van der Waals surface area contributed by atoms with Crippen molar-refractivity contribution in [1.29, 1.82) is 0 Å². The Morgan fingerprint density at radius 1 is 1.26 bits per heavy atom. The van der Waals surface area contributed by atoms with E-state index < -0.39 is 15.7 Å². The molecule has 0 amide bonds. The summed E-state index contributed by atoms with van der Waals surface area (Å²) in [6.07, 6.45) is 2.52. The van der Waals surface area contributed by atoms with Crippen molar-refractivity contribution >= 4 is 20.9 Å². The van der Waals surface area contributed by atoms with Gasteiger partial charge in [0.1, 0.15) is 5.65 Å². The first kappa shape index (κ1) is 15.4. The number of aromatic amines is 1. The van der Waals surface area contributed by atoms with Crippen LogP contribution in [0.4, 0.5) is 4.39 Å². The minimum Gasteiger partial charge on any atom is -0.494 e.